The zero-order valence-electron chi connectivity index (χ0n) is 10.7. The van der Waals surface area contributed by atoms with Gasteiger partial charge in [-0.25, -0.2) is 4.98 Å². The van der Waals surface area contributed by atoms with Gasteiger partial charge in [-0.05, 0) is 24.3 Å². The number of hydrogen-bond donors (Lipinski definition) is 0. The first-order chi connectivity index (χ1) is 10.4. The first kappa shape index (κ1) is 12.0. The molecule has 4 aromatic heterocycles. The first-order valence-corrected chi connectivity index (χ1v) is 7.12. The van der Waals surface area contributed by atoms with Gasteiger partial charge in [0.15, 0.2) is 5.76 Å². The fraction of sp³-hybridized carbons (Fsp3) is 0. The first-order valence-electron chi connectivity index (χ1n) is 6.24. The quantitative estimate of drug-likeness (QED) is 0.581. The van der Waals surface area contributed by atoms with Gasteiger partial charge in [0.25, 0.3) is 0 Å². The molecule has 0 unspecified atom stereocenters. The highest BCUT2D eigenvalue weighted by Crippen LogP contribution is 2.24. The summed E-state index contributed by atoms with van der Waals surface area (Å²) in [7, 11) is 0. The second kappa shape index (κ2) is 4.95. The van der Waals surface area contributed by atoms with E-state index in [-0.39, 0.29) is 0 Å². The van der Waals surface area contributed by atoms with Crippen molar-refractivity contribution >= 4 is 11.3 Å². The van der Waals surface area contributed by atoms with E-state index in [1.54, 1.807) is 17.1 Å². The van der Waals surface area contributed by atoms with E-state index < -0.39 is 0 Å². The molecule has 21 heavy (non-hydrogen) atoms. The number of pyridine rings is 1. The van der Waals surface area contributed by atoms with Crippen molar-refractivity contribution in [1.29, 1.82) is 0 Å². The van der Waals surface area contributed by atoms with E-state index in [1.165, 1.54) is 11.3 Å². The molecule has 0 spiro atoms. The SMILES string of the molecule is c1ccc(-c2cn(-c3nc(-c4ccco4)cs3)nn2)nc1. The fourth-order valence-corrected chi connectivity index (χ4v) is 2.63. The van der Waals surface area contributed by atoms with Crippen LogP contribution in [0.5, 0.6) is 0 Å². The molecule has 0 atom stereocenters. The van der Waals surface area contributed by atoms with Crippen molar-refractivity contribution in [3.8, 4) is 28.0 Å². The number of hydrogen-bond acceptors (Lipinski definition) is 6. The molecule has 0 fully saturated rings. The third kappa shape index (κ3) is 2.23. The van der Waals surface area contributed by atoms with E-state index in [4.69, 9.17) is 4.42 Å². The van der Waals surface area contributed by atoms with Crippen molar-refractivity contribution in [2.75, 3.05) is 0 Å². The summed E-state index contributed by atoms with van der Waals surface area (Å²) in [6, 6.07) is 9.39. The molecule has 0 radical (unpaired) electrons. The van der Waals surface area contributed by atoms with Crippen LogP contribution in [-0.2, 0) is 0 Å². The predicted molar refractivity (Wildman–Crippen MR) is 78.0 cm³/mol. The van der Waals surface area contributed by atoms with Crippen LogP contribution >= 0.6 is 11.3 Å². The standard InChI is InChI=1S/C14H9N5OS/c1-2-6-15-10(4-1)11-8-19(18-17-11)14-16-12(9-21-14)13-5-3-7-20-13/h1-9H. The Kier molecular flexibility index (Phi) is 2.82. The fourth-order valence-electron chi connectivity index (χ4n) is 1.90. The molecule has 0 aliphatic carbocycles. The van der Waals surface area contributed by atoms with Gasteiger partial charge >= 0.3 is 0 Å². The van der Waals surface area contributed by atoms with Crippen molar-refractivity contribution in [1.82, 2.24) is 25.0 Å². The van der Waals surface area contributed by atoms with Gasteiger partial charge in [0.05, 0.1) is 18.2 Å². The molecule has 0 aliphatic heterocycles. The van der Waals surface area contributed by atoms with Crippen LogP contribution in [0.4, 0.5) is 0 Å². The maximum atomic E-state index is 5.33. The maximum absolute atomic E-state index is 5.33. The summed E-state index contributed by atoms with van der Waals surface area (Å²) in [5.74, 6) is 0.738. The molecule has 0 saturated heterocycles. The van der Waals surface area contributed by atoms with Gasteiger partial charge in [-0.2, -0.15) is 4.68 Å². The Morgan fingerprint density at radius 1 is 1.05 bits per heavy atom. The third-order valence-corrected chi connectivity index (χ3v) is 3.71. The van der Waals surface area contributed by atoms with Gasteiger partial charge in [0.2, 0.25) is 5.13 Å². The summed E-state index contributed by atoms with van der Waals surface area (Å²) in [5.41, 5.74) is 2.28. The molecule has 4 aromatic rings. The molecule has 0 aromatic carbocycles. The Morgan fingerprint density at radius 3 is 2.86 bits per heavy atom. The van der Waals surface area contributed by atoms with Crippen LogP contribution < -0.4 is 0 Å². The van der Waals surface area contributed by atoms with Crippen molar-refractivity contribution in [2.45, 2.75) is 0 Å². The van der Waals surface area contributed by atoms with Crippen molar-refractivity contribution in [3.63, 3.8) is 0 Å². The minimum Gasteiger partial charge on any atom is -0.463 e. The van der Waals surface area contributed by atoms with Gasteiger partial charge < -0.3 is 4.42 Å². The van der Waals surface area contributed by atoms with Crippen LogP contribution in [0.2, 0.25) is 0 Å². The molecule has 0 N–H and O–H groups in total. The Balaban J connectivity index is 1.67. The van der Waals surface area contributed by atoms with Crippen LogP contribution in [0.15, 0.2) is 58.8 Å². The number of rotatable bonds is 3. The van der Waals surface area contributed by atoms with Crippen LogP contribution in [0, 0.1) is 0 Å². The van der Waals surface area contributed by atoms with Gasteiger partial charge in [0, 0.05) is 11.6 Å². The molecule has 7 heteroatoms. The van der Waals surface area contributed by atoms with Gasteiger partial charge in [-0.15, -0.1) is 16.4 Å². The molecule has 0 amide bonds. The number of aromatic nitrogens is 5. The zero-order valence-corrected chi connectivity index (χ0v) is 11.6. The lowest BCUT2D eigenvalue weighted by molar-refractivity contribution is 0.580. The van der Waals surface area contributed by atoms with Gasteiger partial charge in [-0.1, -0.05) is 11.3 Å². The molecule has 0 bridgehead atoms. The zero-order chi connectivity index (χ0) is 14.1. The minimum atomic E-state index is 0.713. The van der Waals surface area contributed by atoms with E-state index in [9.17, 15) is 0 Å². The van der Waals surface area contributed by atoms with E-state index in [0.29, 0.717) is 5.69 Å². The van der Waals surface area contributed by atoms with Crippen LogP contribution in [0.1, 0.15) is 0 Å². The third-order valence-electron chi connectivity index (χ3n) is 2.88. The normalized spacial score (nSPS) is 10.9. The highest BCUT2D eigenvalue weighted by Gasteiger charge is 2.11. The summed E-state index contributed by atoms with van der Waals surface area (Å²) >= 11 is 1.48. The van der Waals surface area contributed by atoms with E-state index in [2.05, 4.69) is 20.3 Å². The minimum absolute atomic E-state index is 0.713. The Bertz CT molecular complexity index is 851. The lowest BCUT2D eigenvalue weighted by Gasteiger charge is -1.92. The lowest BCUT2D eigenvalue weighted by Crippen LogP contribution is -1.93. The van der Waals surface area contributed by atoms with Crippen LogP contribution in [-0.4, -0.2) is 25.0 Å². The van der Waals surface area contributed by atoms with E-state index >= 15 is 0 Å². The average molecular weight is 295 g/mol. The topological polar surface area (TPSA) is 69.6 Å². The Labute approximate surface area is 123 Å². The molecule has 6 nitrogen and oxygen atoms in total. The van der Waals surface area contributed by atoms with Crippen molar-refractivity contribution < 1.29 is 4.42 Å². The second-order valence-corrected chi connectivity index (χ2v) is 5.09. The van der Waals surface area contributed by atoms with Crippen molar-refractivity contribution in [2.24, 2.45) is 0 Å². The molecule has 102 valence electrons. The number of thiazole rings is 1. The predicted octanol–water partition coefficient (Wildman–Crippen LogP) is 3.05. The largest absolute Gasteiger partial charge is 0.463 e. The molecular weight excluding hydrogens is 286 g/mol. The monoisotopic (exact) mass is 295 g/mol. The lowest BCUT2D eigenvalue weighted by atomic mass is 10.3. The number of furan rings is 1. The molecule has 4 rings (SSSR count). The summed E-state index contributed by atoms with van der Waals surface area (Å²) in [5, 5.41) is 10.9. The van der Waals surface area contributed by atoms with Gasteiger partial charge in [0.1, 0.15) is 11.4 Å². The summed E-state index contributed by atoms with van der Waals surface area (Å²) in [4.78, 5) is 8.75. The van der Waals surface area contributed by atoms with E-state index in [0.717, 1.165) is 22.3 Å². The van der Waals surface area contributed by atoms with E-state index in [1.807, 2.05) is 41.9 Å². The molecule has 0 saturated carbocycles. The maximum Gasteiger partial charge on any atom is 0.212 e. The highest BCUT2D eigenvalue weighted by atomic mass is 32.1. The summed E-state index contributed by atoms with van der Waals surface area (Å²) < 4.78 is 6.97. The molecule has 4 heterocycles. The number of nitrogens with zero attached hydrogens (tertiary/aromatic N) is 5. The average Bonchev–Trinajstić information content (AvgIpc) is 3.27. The smallest absolute Gasteiger partial charge is 0.212 e. The summed E-state index contributed by atoms with van der Waals surface area (Å²) in [6.45, 7) is 0. The Hall–Kier alpha value is -2.80. The highest BCUT2D eigenvalue weighted by molar-refractivity contribution is 7.12. The van der Waals surface area contributed by atoms with Crippen LogP contribution in [0.3, 0.4) is 0 Å². The summed E-state index contributed by atoms with van der Waals surface area (Å²) in [6.07, 6.45) is 5.17. The Morgan fingerprint density at radius 2 is 2.05 bits per heavy atom. The van der Waals surface area contributed by atoms with Crippen LogP contribution in [0.25, 0.3) is 28.0 Å². The van der Waals surface area contributed by atoms with Gasteiger partial charge in [-0.3, -0.25) is 4.98 Å². The second-order valence-electron chi connectivity index (χ2n) is 4.26. The molecular formula is C14H9N5OS. The molecule has 0 aliphatic rings. The van der Waals surface area contributed by atoms with Crippen molar-refractivity contribution in [3.05, 3.63) is 54.4 Å².